The van der Waals surface area contributed by atoms with Crippen molar-refractivity contribution < 1.29 is 4.79 Å². The number of hydrogen-bond acceptors (Lipinski definition) is 4. The first-order valence-corrected chi connectivity index (χ1v) is 9.03. The van der Waals surface area contributed by atoms with Crippen LogP contribution in [0.25, 0.3) is 6.08 Å². The normalized spacial score (nSPS) is 22.0. The first kappa shape index (κ1) is 15.4. The number of aromatic amines is 1. The Morgan fingerprint density at radius 2 is 2.29 bits per heavy atom. The number of hydrazone groups is 1. The minimum Gasteiger partial charge on any atom is -0.359 e. The molecule has 0 radical (unpaired) electrons. The number of carbonyl (C=O) groups excluding carboxylic acids is 1. The molecule has 0 aromatic carbocycles. The van der Waals surface area contributed by atoms with Crippen LogP contribution in [0.2, 0.25) is 0 Å². The zero-order valence-corrected chi connectivity index (χ0v) is 14.6. The maximum absolute atomic E-state index is 12.2. The van der Waals surface area contributed by atoms with Gasteiger partial charge in [0.15, 0.2) is 0 Å². The SMILES string of the molecule is CN(C)C1CCCc2[nH]c(C=C3C(=O)NN=C3c3cccs3)cc21. The van der Waals surface area contributed by atoms with Crippen LogP contribution in [0.15, 0.2) is 34.3 Å². The standard InChI is InChI=1S/C18H20N4OS/c1-22(2)15-6-3-5-14-12(15)9-11(19-14)10-13-17(20-21-18(13)23)16-7-4-8-24-16/h4,7-10,15,19H,3,5-6H2,1-2H3,(H,21,23). The molecule has 2 aromatic rings. The van der Waals surface area contributed by atoms with E-state index in [1.54, 1.807) is 11.3 Å². The number of aryl methyl sites for hydroxylation is 1. The highest BCUT2D eigenvalue weighted by molar-refractivity contribution is 7.12. The van der Waals surface area contributed by atoms with Crippen molar-refractivity contribution in [1.82, 2.24) is 15.3 Å². The molecule has 4 rings (SSSR count). The van der Waals surface area contributed by atoms with Gasteiger partial charge in [-0.2, -0.15) is 5.10 Å². The number of amides is 1. The van der Waals surface area contributed by atoms with Crippen LogP contribution >= 0.6 is 11.3 Å². The first-order valence-electron chi connectivity index (χ1n) is 8.15. The highest BCUT2D eigenvalue weighted by atomic mass is 32.1. The molecule has 2 aliphatic rings. The zero-order valence-electron chi connectivity index (χ0n) is 13.8. The van der Waals surface area contributed by atoms with Crippen LogP contribution in [-0.4, -0.2) is 35.6 Å². The molecule has 0 bridgehead atoms. The molecule has 0 fully saturated rings. The van der Waals surface area contributed by atoms with Crippen molar-refractivity contribution >= 4 is 29.0 Å². The summed E-state index contributed by atoms with van der Waals surface area (Å²) in [5.74, 6) is -0.143. The van der Waals surface area contributed by atoms with Crippen molar-refractivity contribution in [2.75, 3.05) is 14.1 Å². The van der Waals surface area contributed by atoms with E-state index in [0.29, 0.717) is 11.6 Å². The van der Waals surface area contributed by atoms with E-state index in [4.69, 9.17) is 0 Å². The summed E-state index contributed by atoms with van der Waals surface area (Å²) in [6.07, 6.45) is 5.36. The predicted molar refractivity (Wildman–Crippen MR) is 97.1 cm³/mol. The smallest absolute Gasteiger partial charge is 0.273 e. The van der Waals surface area contributed by atoms with E-state index >= 15 is 0 Å². The maximum atomic E-state index is 12.2. The summed E-state index contributed by atoms with van der Waals surface area (Å²) in [5, 5.41) is 6.19. The van der Waals surface area contributed by atoms with E-state index in [0.717, 1.165) is 22.7 Å². The molecule has 24 heavy (non-hydrogen) atoms. The Morgan fingerprint density at radius 1 is 1.42 bits per heavy atom. The Bertz CT molecular complexity index is 829. The van der Waals surface area contributed by atoms with Crippen LogP contribution < -0.4 is 5.43 Å². The molecule has 1 aliphatic carbocycles. The second kappa shape index (κ2) is 6.03. The fourth-order valence-corrected chi connectivity index (χ4v) is 4.24. The molecule has 5 nitrogen and oxygen atoms in total. The largest absolute Gasteiger partial charge is 0.359 e. The van der Waals surface area contributed by atoms with Gasteiger partial charge < -0.3 is 9.88 Å². The van der Waals surface area contributed by atoms with Crippen molar-refractivity contribution in [2.24, 2.45) is 5.10 Å². The Kier molecular flexibility index (Phi) is 3.86. The van der Waals surface area contributed by atoms with Crippen LogP contribution in [0.5, 0.6) is 0 Å². The van der Waals surface area contributed by atoms with Gasteiger partial charge in [-0.05, 0) is 62.5 Å². The van der Waals surface area contributed by atoms with Gasteiger partial charge in [0.1, 0.15) is 5.71 Å². The van der Waals surface area contributed by atoms with Crippen LogP contribution in [0.1, 0.15) is 40.7 Å². The second-order valence-electron chi connectivity index (χ2n) is 6.47. The maximum Gasteiger partial charge on any atom is 0.273 e. The Balaban J connectivity index is 1.71. The van der Waals surface area contributed by atoms with Crippen molar-refractivity contribution in [1.29, 1.82) is 0 Å². The molecule has 3 heterocycles. The summed E-state index contributed by atoms with van der Waals surface area (Å²) in [7, 11) is 4.24. The van der Waals surface area contributed by atoms with Crippen molar-refractivity contribution in [3.8, 4) is 0 Å². The van der Waals surface area contributed by atoms with Crippen molar-refractivity contribution in [2.45, 2.75) is 25.3 Å². The van der Waals surface area contributed by atoms with Crippen LogP contribution in [0.4, 0.5) is 0 Å². The van der Waals surface area contributed by atoms with Gasteiger partial charge in [-0.3, -0.25) is 4.79 Å². The second-order valence-corrected chi connectivity index (χ2v) is 7.41. The molecule has 0 spiro atoms. The first-order chi connectivity index (χ1) is 11.6. The third-order valence-corrected chi connectivity index (χ3v) is 5.54. The number of rotatable bonds is 3. The highest BCUT2D eigenvalue weighted by Gasteiger charge is 2.27. The average Bonchev–Trinajstić information content (AvgIpc) is 3.27. The highest BCUT2D eigenvalue weighted by Crippen LogP contribution is 2.34. The minimum atomic E-state index is -0.143. The lowest BCUT2D eigenvalue weighted by Crippen LogP contribution is -2.23. The summed E-state index contributed by atoms with van der Waals surface area (Å²) >= 11 is 1.59. The van der Waals surface area contributed by atoms with Gasteiger partial charge in [-0.15, -0.1) is 11.3 Å². The molecule has 1 unspecified atom stereocenters. The van der Waals surface area contributed by atoms with E-state index in [2.05, 4.69) is 40.6 Å². The fraction of sp³-hybridized carbons (Fsp3) is 0.333. The number of thiophene rings is 1. The molecular weight excluding hydrogens is 320 g/mol. The van der Waals surface area contributed by atoms with E-state index in [-0.39, 0.29) is 5.91 Å². The summed E-state index contributed by atoms with van der Waals surface area (Å²) < 4.78 is 0. The topological polar surface area (TPSA) is 60.5 Å². The monoisotopic (exact) mass is 340 g/mol. The molecule has 6 heteroatoms. The van der Waals surface area contributed by atoms with Gasteiger partial charge in [0, 0.05) is 17.4 Å². The van der Waals surface area contributed by atoms with Crippen LogP contribution in [0, 0.1) is 0 Å². The number of nitrogens with zero attached hydrogens (tertiary/aromatic N) is 2. The predicted octanol–water partition coefficient (Wildman–Crippen LogP) is 2.93. The minimum absolute atomic E-state index is 0.143. The van der Waals surface area contributed by atoms with Crippen LogP contribution in [-0.2, 0) is 11.2 Å². The molecule has 0 saturated heterocycles. The van der Waals surface area contributed by atoms with Crippen LogP contribution in [0.3, 0.4) is 0 Å². The fourth-order valence-electron chi connectivity index (χ4n) is 3.51. The molecule has 124 valence electrons. The third kappa shape index (κ3) is 2.61. The molecule has 2 N–H and O–H groups in total. The summed E-state index contributed by atoms with van der Waals surface area (Å²) in [6, 6.07) is 6.58. The van der Waals surface area contributed by atoms with Gasteiger partial charge in [0.2, 0.25) is 0 Å². The van der Waals surface area contributed by atoms with Gasteiger partial charge >= 0.3 is 0 Å². The lowest BCUT2D eigenvalue weighted by atomic mass is 9.92. The van der Waals surface area contributed by atoms with Gasteiger partial charge in [-0.1, -0.05) is 6.07 Å². The van der Waals surface area contributed by atoms with Gasteiger partial charge in [-0.25, -0.2) is 5.43 Å². The molecule has 2 aromatic heterocycles. The summed E-state index contributed by atoms with van der Waals surface area (Å²) in [4.78, 5) is 19.0. The summed E-state index contributed by atoms with van der Waals surface area (Å²) in [5.41, 5.74) is 7.55. The van der Waals surface area contributed by atoms with Gasteiger partial charge in [0.05, 0.1) is 10.5 Å². The molecular formula is C18H20N4OS. The lowest BCUT2D eigenvalue weighted by Gasteiger charge is -2.28. The number of H-pyrrole nitrogens is 1. The van der Waals surface area contributed by atoms with Gasteiger partial charge in [0.25, 0.3) is 5.91 Å². The molecule has 1 atom stereocenters. The number of aromatic nitrogens is 1. The molecule has 1 aliphatic heterocycles. The van der Waals surface area contributed by atoms with E-state index < -0.39 is 0 Å². The van der Waals surface area contributed by atoms with Crippen molar-refractivity contribution in [3.63, 3.8) is 0 Å². The lowest BCUT2D eigenvalue weighted by molar-refractivity contribution is -0.116. The number of fused-ring (bicyclic) bond motifs is 1. The van der Waals surface area contributed by atoms with E-state index in [9.17, 15) is 4.79 Å². The summed E-state index contributed by atoms with van der Waals surface area (Å²) in [6.45, 7) is 0. The number of nitrogens with one attached hydrogen (secondary N) is 2. The van der Waals surface area contributed by atoms with E-state index in [1.807, 2.05) is 23.6 Å². The quantitative estimate of drug-likeness (QED) is 0.844. The van der Waals surface area contributed by atoms with Crippen molar-refractivity contribution in [3.05, 3.63) is 51.0 Å². The Labute approximate surface area is 145 Å². The zero-order chi connectivity index (χ0) is 16.7. The third-order valence-electron chi connectivity index (χ3n) is 4.66. The molecule has 1 amide bonds. The number of hydrogen-bond donors (Lipinski definition) is 2. The number of carbonyl (C=O) groups is 1. The van der Waals surface area contributed by atoms with E-state index in [1.165, 1.54) is 24.1 Å². The Hall–Kier alpha value is -2.18. The average molecular weight is 340 g/mol. The molecule has 0 saturated carbocycles. The Morgan fingerprint density at radius 3 is 3.04 bits per heavy atom.